The van der Waals surface area contributed by atoms with Crippen molar-refractivity contribution in [2.24, 2.45) is 0 Å². The van der Waals surface area contributed by atoms with Crippen molar-refractivity contribution in [3.05, 3.63) is 120 Å². The minimum Gasteiger partial charge on any atom is -0.439 e. The molecule has 1 aliphatic rings. The lowest BCUT2D eigenvalue weighted by Gasteiger charge is -2.19. The van der Waals surface area contributed by atoms with Crippen molar-refractivity contribution >= 4 is 28.2 Å². The lowest BCUT2D eigenvalue weighted by atomic mass is 10.0. The van der Waals surface area contributed by atoms with E-state index in [1.165, 1.54) is 16.8 Å². The van der Waals surface area contributed by atoms with E-state index in [0.29, 0.717) is 11.6 Å². The maximum Gasteiger partial charge on any atom is 0.221 e. The van der Waals surface area contributed by atoms with Crippen LogP contribution in [-0.2, 0) is 0 Å². The Hall–Kier alpha value is -5.10. The van der Waals surface area contributed by atoms with Crippen LogP contribution in [0.25, 0.3) is 28.1 Å². The second kappa shape index (κ2) is 9.58. The first-order chi connectivity index (χ1) is 19.6. The number of para-hydroxylation sites is 3. The Morgan fingerprint density at radius 3 is 2.23 bits per heavy atom. The molecule has 0 aliphatic carbocycles. The van der Waals surface area contributed by atoms with Crippen molar-refractivity contribution < 1.29 is 4.74 Å². The van der Waals surface area contributed by atoms with Crippen LogP contribution in [0.4, 0.5) is 17.2 Å². The number of hydrogen-bond donors (Lipinski definition) is 0. The number of anilines is 3. The predicted molar refractivity (Wildman–Crippen MR) is 162 cm³/mol. The summed E-state index contributed by atoms with van der Waals surface area (Å²) in [5, 5.41) is 0. The zero-order valence-corrected chi connectivity index (χ0v) is 22.7. The molecule has 4 aromatic carbocycles. The molecular weight excluding hydrogens is 494 g/mol. The standard InChI is InChI=1S/C34H29N5O/c1-23-11-9-12-24(2)33(23)34-35-27-20-19-26(21-30(27)39(34)25-13-5-4-6-14-25)40-32-18-10-17-31(36-32)38-22-37(3)28-15-7-8-16-29(28)38/h4-21H,22H2,1-3H3. The summed E-state index contributed by atoms with van der Waals surface area (Å²) in [6.45, 7) is 5.01. The fourth-order valence-electron chi connectivity index (χ4n) is 5.60. The number of aryl methyl sites for hydroxylation is 2. The molecule has 0 bridgehead atoms. The van der Waals surface area contributed by atoms with E-state index in [2.05, 4.69) is 108 Å². The van der Waals surface area contributed by atoms with Gasteiger partial charge in [0.2, 0.25) is 5.88 Å². The van der Waals surface area contributed by atoms with Crippen molar-refractivity contribution in [1.82, 2.24) is 14.5 Å². The van der Waals surface area contributed by atoms with Gasteiger partial charge in [-0.2, -0.15) is 4.98 Å². The molecule has 7 rings (SSSR count). The molecule has 0 amide bonds. The largest absolute Gasteiger partial charge is 0.439 e. The van der Waals surface area contributed by atoms with Gasteiger partial charge in [-0.25, -0.2) is 4.98 Å². The molecule has 2 aromatic heterocycles. The Morgan fingerprint density at radius 2 is 1.43 bits per heavy atom. The normalized spacial score (nSPS) is 12.7. The third kappa shape index (κ3) is 4.05. The molecular formula is C34H29N5O. The van der Waals surface area contributed by atoms with Crippen molar-refractivity contribution in [1.29, 1.82) is 0 Å². The highest BCUT2D eigenvalue weighted by Gasteiger charge is 2.25. The smallest absolute Gasteiger partial charge is 0.221 e. The highest BCUT2D eigenvalue weighted by atomic mass is 16.5. The van der Waals surface area contributed by atoms with E-state index in [1.807, 2.05) is 36.4 Å². The lowest BCUT2D eigenvalue weighted by molar-refractivity contribution is 0.463. The third-order valence-electron chi connectivity index (χ3n) is 7.49. The quantitative estimate of drug-likeness (QED) is 0.229. The molecule has 0 N–H and O–H groups in total. The summed E-state index contributed by atoms with van der Waals surface area (Å²) in [5.74, 6) is 3.03. The Kier molecular flexibility index (Phi) is 5.74. The van der Waals surface area contributed by atoms with Crippen LogP contribution in [0.3, 0.4) is 0 Å². The Labute approximate surface area is 233 Å². The van der Waals surface area contributed by atoms with Crippen LogP contribution < -0.4 is 14.5 Å². The zero-order valence-electron chi connectivity index (χ0n) is 22.7. The van der Waals surface area contributed by atoms with E-state index in [-0.39, 0.29) is 0 Å². The second-order valence-corrected chi connectivity index (χ2v) is 10.2. The summed E-state index contributed by atoms with van der Waals surface area (Å²) < 4.78 is 8.58. The van der Waals surface area contributed by atoms with Gasteiger partial charge in [-0.05, 0) is 67.4 Å². The molecule has 0 radical (unpaired) electrons. The summed E-state index contributed by atoms with van der Waals surface area (Å²) in [6, 6.07) is 37.1. The summed E-state index contributed by atoms with van der Waals surface area (Å²) in [4.78, 5) is 14.4. The van der Waals surface area contributed by atoms with Crippen molar-refractivity contribution in [2.75, 3.05) is 23.5 Å². The van der Waals surface area contributed by atoms with Gasteiger partial charge in [0, 0.05) is 30.4 Å². The van der Waals surface area contributed by atoms with Crippen LogP contribution >= 0.6 is 0 Å². The summed E-state index contributed by atoms with van der Waals surface area (Å²) in [5.41, 5.74) is 8.81. The molecule has 0 unspecified atom stereocenters. The topological polar surface area (TPSA) is 46.4 Å². The molecule has 40 heavy (non-hydrogen) atoms. The molecule has 3 heterocycles. The average Bonchev–Trinajstić information content (AvgIpc) is 3.51. The Morgan fingerprint density at radius 1 is 0.700 bits per heavy atom. The van der Waals surface area contributed by atoms with Crippen LogP contribution in [0, 0.1) is 13.8 Å². The summed E-state index contributed by atoms with van der Waals surface area (Å²) in [7, 11) is 2.09. The van der Waals surface area contributed by atoms with E-state index in [0.717, 1.165) is 46.3 Å². The number of pyridine rings is 1. The predicted octanol–water partition coefficient (Wildman–Crippen LogP) is 8.04. The van der Waals surface area contributed by atoms with Gasteiger partial charge < -0.3 is 14.5 Å². The first-order valence-corrected chi connectivity index (χ1v) is 13.4. The van der Waals surface area contributed by atoms with E-state index in [9.17, 15) is 0 Å². The monoisotopic (exact) mass is 523 g/mol. The molecule has 0 saturated heterocycles. The molecule has 0 fully saturated rings. The molecule has 6 nitrogen and oxygen atoms in total. The molecule has 196 valence electrons. The number of benzene rings is 4. The van der Waals surface area contributed by atoms with Crippen molar-refractivity contribution in [3.8, 4) is 28.7 Å². The number of ether oxygens (including phenoxy) is 1. The van der Waals surface area contributed by atoms with Crippen LogP contribution in [0.5, 0.6) is 11.6 Å². The number of hydrogen-bond acceptors (Lipinski definition) is 5. The van der Waals surface area contributed by atoms with Gasteiger partial charge in [-0.3, -0.25) is 4.57 Å². The number of imidazole rings is 1. The average molecular weight is 524 g/mol. The first-order valence-electron chi connectivity index (χ1n) is 13.4. The Bertz CT molecular complexity index is 1840. The molecule has 6 aromatic rings. The zero-order chi connectivity index (χ0) is 27.2. The minimum absolute atomic E-state index is 0.546. The highest BCUT2D eigenvalue weighted by Crippen LogP contribution is 2.40. The third-order valence-corrected chi connectivity index (χ3v) is 7.49. The summed E-state index contributed by atoms with van der Waals surface area (Å²) in [6.07, 6.45) is 0. The van der Waals surface area contributed by atoms with Gasteiger partial charge in [0.1, 0.15) is 17.4 Å². The van der Waals surface area contributed by atoms with E-state index in [1.54, 1.807) is 0 Å². The molecule has 6 heteroatoms. The van der Waals surface area contributed by atoms with Gasteiger partial charge in [0.25, 0.3) is 0 Å². The van der Waals surface area contributed by atoms with Gasteiger partial charge in [-0.15, -0.1) is 0 Å². The van der Waals surface area contributed by atoms with Gasteiger partial charge >= 0.3 is 0 Å². The molecule has 0 saturated carbocycles. The fraction of sp³-hybridized carbons (Fsp3) is 0.118. The van der Waals surface area contributed by atoms with Crippen LogP contribution in [0.15, 0.2) is 109 Å². The van der Waals surface area contributed by atoms with Crippen LogP contribution in [0.1, 0.15) is 11.1 Å². The van der Waals surface area contributed by atoms with Crippen molar-refractivity contribution in [3.63, 3.8) is 0 Å². The second-order valence-electron chi connectivity index (χ2n) is 10.2. The van der Waals surface area contributed by atoms with Gasteiger partial charge in [-0.1, -0.05) is 54.6 Å². The van der Waals surface area contributed by atoms with Crippen LogP contribution in [-0.4, -0.2) is 28.3 Å². The number of rotatable bonds is 5. The number of nitrogens with zero attached hydrogens (tertiary/aromatic N) is 5. The fourth-order valence-corrected chi connectivity index (χ4v) is 5.60. The van der Waals surface area contributed by atoms with E-state index >= 15 is 0 Å². The summed E-state index contributed by atoms with van der Waals surface area (Å²) >= 11 is 0. The van der Waals surface area contributed by atoms with Crippen molar-refractivity contribution in [2.45, 2.75) is 13.8 Å². The molecule has 1 aliphatic heterocycles. The SMILES string of the molecule is Cc1cccc(C)c1-c1nc2ccc(Oc3cccc(N4CN(C)c5ccccc54)n3)cc2n1-c1ccccc1. The van der Waals surface area contributed by atoms with Crippen LogP contribution in [0.2, 0.25) is 0 Å². The number of fused-ring (bicyclic) bond motifs is 2. The minimum atomic E-state index is 0.546. The highest BCUT2D eigenvalue weighted by molar-refractivity contribution is 5.86. The van der Waals surface area contributed by atoms with Gasteiger partial charge in [0.05, 0.1) is 29.1 Å². The number of aromatic nitrogens is 3. The molecule has 0 atom stereocenters. The maximum absolute atomic E-state index is 6.36. The first kappa shape index (κ1) is 24.0. The van der Waals surface area contributed by atoms with Gasteiger partial charge in [0.15, 0.2) is 0 Å². The maximum atomic E-state index is 6.36. The van der Waals surface area contributed by atoms with E-state index < -0.39 is 0 Å². The molecule has 0 spiro atoms. The lowest BCUT2D eigenvalue weighted by Crippen LogP contribution is -2.24. The van der Waals surface area contributed by atoms with E-state index in [4.69, 9.17) is 14.7 Å². The Balaban J connectivity index is 1.30.